The van der Waals surface area contributed by atoms with Gasteiger partial charge in [0.05, 0.1) is 26.4 Å². The molecule has 0 spiro atoms. The smallest absolute Gasteiger partial charge is 0.126 e. The molecule has 0 atom stereocenters. The van der Waals surface area contributed by atoms with Crippen LogP contribution in [0.15, 0.2) is 133 Å². The average molecular weight is 1020 g/mol. The third-order valence-corrected chi connectivity index (χ3v) is 14.8. The van der Waals surface area contributed by atoms with Crippen LogP contribution in [0.3, 0.4) is 0 Å². The Morgan fingerprint density at radius 3 is 0.632 bits per heavy atom. The first kappa shape index (κ1) is 51.6. The number of ether oxygens (including phenoxy) is 4. The molecule has 8 heteroatoms. The third kappa shape index (κ3) is 11.0. The maximum atomic E-state index is 12.3. The lowest BCUT2D eigenvalue weighted by atomic mass is 9.87. The van der Waals surface area contributed by atoms with Crippen molar-refractivity contribution in [3.63, 3.8) is 0 Å². The molecule has 0 unspecified atom stereocenters. The summed E-state index contributed by atoms with van der Waals surface area (Å²) < 4.78 is 26.6. The van der Waals surface area contributed by atoms with Crippen molar-refractivity contribution in [2.75, 3.05) is 26.4 Å². The van der Waals surface area contributed by atoms with Crippen LogP contribution in [0, 0.1) is 0 Å². The number of para-hydroxylation sites is 6. The molecule has 76 heavy (non-hydrogen) atoms. The third-order valence-electron chi connectivity index (χ3n) is 14.8. The van der Waals surface area contributed by atoms with Gasteiger partial charge in [-0.2, -0.15) is 0 Å². The van der Waals surface area contributed by atoms with Gasteiger partial charge in [-0.3, -0.25) is 0 Å². The summed E-state index contributed by atoms with van der Waals surface area (Å²) in [6.07, 6.45) is 6.58. The van der Waals surface area contributed by atoms with Crippen LogP contribution >= 0.6 is 0 Å². The lowest BCUT2D eigenvalue weighted by molar-refractivity contribution is 0.311. The zero-order valence-corrected chi connectivity index (χ0v) is 44.4. The minimum atomic E-state index is 0.236. The molecule has 0 heterocycles. The number of hydrogen-bond donors (Lipinski definition) is 4. The van der Waals surface area contributed by atoms with Crippen molar-refractivity contribution in [1.29, 1.82) is 0 Å². The Balaban J connectivity index is 1.18. The second-order valence-electron chi connectivity index (χ2n) is 20.6. The van der Waals surface area contributed by atoms with Gasteiger partial charge in [-0.1, -0.05) is 137 Å². The average Bonchev–Trinajstić information content (AvgIpc) is 3.44. The van der Waals surface area contributed by atoms with Crippen molar-refractivity contribution in [2.45, 2.75) is 105 Å². The largest absolute Gasteiger partial charge is 0.507 e. The van der Waals surface area contributed by atoms with Crippen molar-refractivity contribution >= 4 is 0 Å². The highest BCUT2D eigenvalue weighted by atomic mass is 16.5. The monoisotopic (exact) mass is 1010 g/mol. The Morgan fingerprint density at radius 1 is 0.263 bits per heavy atom. The first-order chi connectivity index (χ1) is 37.1. The molecule has 10 rings (SSSR count). The number of fused-ring (bicyclic) bond motifs is 16. The number of benzene rings is 8. The van der Waals surface area contributed by atoms with E-state index in [4.69, 9.17) is 18.9 Å². The summed E-state index contributed by atoms with van der Waals surface area (Å²) in [5.41, 5.74) is 15.6. The standard InChI is InChI=1S/C68H70O8/c1-5-27-73-65-51-23-13-24-52(65)32-44-16-10-20-48(62(44)70)36-58-40-55(39-57(67(58)75-29-7-3)35-47-19-9-15-43(31-51)61(47)69)56-41-59-37-49-21-11-17-45(63(49)71)33-53-25-14-26-54(66(53)74-28-6-2)34-46-18-12-22-50(64(46)72)38-60(42-56)68(59)76-30-8-4/h9-26,39-42,69-72H,5-8,27-38H2,1-4H3. The topological polar surface area (TPSA) is 118 Å². The molecular weight excluding hydrogens is 945 g/mol. The molecule has 0 aromatic heterocycles. The fourth-order valence-corrected chi connectivity index (χ4v) is 11.1. The molecular formula is C68H70O8. The van der Waals surface area contributed by atoms with E-state index in [1.807, 2.05) is 84.9 Å². The van der Waals surface area contributed by atoms with Crippen LogP contribution in [-0.4, -0.2) is 46.9 Å². The van der Waals surface area contributed by atoms with Crippen molar-refractivity contribution in [2.24, 2.45) is 0 Å². The van der Waals surface area contributed by atoms with Crippen LogP contribution in [0.4, 0.5) is 0 Å². The van der Waals surface area contributed by atoms with Crippen LogP contribution in [0.2, 0.25) is 0 Å². The maximum Gasteiger partial charge on any atom is 0.126 e. The number of phenols is 4. The van der Waals surface area contributed by atoms with Gasteiger partial charge < -0.3 is 39.4 Å². The van der Waals surface area contributed by atoms with E-state index in [0.717, 1.165) is 149 Å². The second-order valence-corrected chi connectivity index (χ2v) is 20.6. The van der Waals surface area contributed by atoms with Gasteiger partial charge in [-0.15, -0.1) is 0 Å². The molecule has 8 nitrogen and oxygen atoms in total. The Hall–Kier alpha value is -7.84. The Morgan fingerprint density at radius 2 is 0.434 bits per heavy atom. The molecule has 4 N–H and O–H groups in total. The lowest BCUT2D eigenvalue weighted by Crippen LogP contribution is -2.08. The van der Waals surface area contributed by atoms with Crippen LogP contribution < -0.4 is 18.9 Å². The van der Waals surface area contributed by atoms with Gasteiger partial charge in [0.25, 0.3) is 0 Å². The Bertz CT molecular complexity index is 2970. The van der Waals surface area contributed by atoms with Crippen molar-refractivity contribution in [3.05, 3.63) is 222 Å². The number of hydrogen-bond acceptors (Lipinski definition) is 8. The van der Waals surface area contributed by atoms with E-state index in [0.29, 0.717) is 77.8 Å². The first-order valence-corrected chi connectivity index (χ1v) is 27.4. The summed E-state index contributed by atoms with van der Waals surface area (Å²) in [4.78, 5) is 0. The molecule has 0 amide bonds. The SMILES string of the molecule is CCCOc1c2cccc1Cc1cccc(c1O)Cc1cc(-c3cc4c(OCCC)c(c3)Cc3cccc(c3O)Cc3cccc(c3OCCC)Cc3cccc(c3O)C4)cc(c1OCCC)Cc1cccc(c1O)C2. The van der Waals surface area contributed by atoms with E-state index in [1.165, 1.54) is 0 Å². The summed E-state index contributed by atoms with van der Waals surface area (Å²) in [6, 6.07) is 45.1. The quantitative estimate of drug-likeness (QED) is 0.0902. The normalized spacial score (nSPS) is 12.9. The number of phenolic OH excluding ortho intramolecular Hbond substituents is 4. The van der Waals surface area contributed by atoms with E-state index >= 15 is 0 Å². The maximum absolute atomic E-state index is 12.3. The number of rotatable bonds is 13. The van der Waals surface area contributed by atoms with Crippen molar-refractivity contribution < 1.29 is 39.4 Å². The summed E-state index contributed by atoms with van der Waals surface area (Å²) >= 11 is 0. The molecule has 0 radical (unpaired) electrons. The zero-order chi connectivity index (χ0) is 52.7. The van der Waals surface area contributed by atoms with E-state index in [-0.39, 0.29) is 23.0 Å². The van der Waals surface area contributed by atoms with Gasteiger partial charge in [0, 0.05) is 51.4 Å². The predicted molar refractivity (Wildman–Crippen MR) is 303 cm³/mol. The van der Waals surface area contributed by atoms with Gasteiger partial charge in [0.2, 0.25) is 0 Å². The van der Waals surface area contributed by atoms with Gasteiger partial charge >= 0.3 is 0 Å². The van der Waals surface area contributed by atoms with Crippen LogP contribution in [-0.2, 0) is 51.4 Å². The molecule has 8 aromatic rings. The molecule has 8 aromatic carbocycles. The van der Waals surface area contributed by atoms with Gasteiger partial charge in [0.1, 0.15) is 46.0 Å². The van der Waals surface area contributed by atoms with Crippen LogP contribution in [0.25, 0.3) is 11.1 Å². The van der Waals surface area contributed by atoms with E-state index in [1.54, 1.807) is 0 Å². The molecule has 0 saturated heterocycles. The highest BCUT2D eigenvalue weighted by Gasteiger charge is 2.25. The van der Waals surface area contributed by atoms with Crippen molar-refractivity contribution in [3.8, 4) is 57.1 Å². The second kappa shape index (κ2) is 23.4. The van der Waals surface area contributed by atoms with Crippen LogP contribution in [0.5, 0.6) is 46.0 Å². The Labute approximate surface area is 448 Å². The highest BCUT2D eigenvalue weighted by Crippen LogP contribution is 2.44. The van der Waals surface area contributed by atoms with Gasteiger partial charge in [-0.05, 0) is 150 Å². The summed E-state index contributed by atoms with van der Waals surface area (Å²) in [7, 11) is 0. The van der Waals surface area contributed by atoms with Gasteiger partial charge in [0.15, 0.2) is 0 Å². The van der Waals surface area contributed by atoms with Crippen molar-refractivity contribution in [1.82, 2.24) is 0 Å². The van der Waals surface area contributed by atoms with E-state index in [2.05, 4.69) is 76.2 Å². The van der Waals surface area contributed by atoms with Crippen LogP contribution in [0.1, 0.15) is 142 Å². The molecule has 0 fully saturated rings. The fraction of sp³-hybridized carbons (Fsp3) is 0.294. The lowest BCUT2D eigenvalue weighted by Gasteiger charge is -2.23. The molecule has 0 aliphatic heterocycles. The number of aromatic hydroxyl groups is 4. The molecule has 2 aliphatic rings. The molecule has 390 valence electrons. The minimum Gasteiger partial charge on any atom is -0.507 e. The van der Waals surface area contributed by atoms with Gasteiger partial charge in [-0.25, -0.2) is 0 Å². The predicted octanol–water partition coefficient (Wildman–Crippen LogP) is 14.7. The first-order valence-electron chi connectivity index (χ1n) is 27.4. The Kier molecular flexibility index (Phi) is 15.9. The molecule has 16 bridgehead atoms. The molecule has 0 saturated carbocycles. The minimum absolute atomic E-state index is 0.236. The van der Waals surface area contributed by atoms with E-state index in [9.17, 15) is 20.4 Å². The zero-order valence-electron chi connectivity index (χ0n) is 44.4. The highest BCUT2D eigenvalue weighted by molar-refractivity contribution is 5.73. The summed E-state index contributed by atoms with van der Waals surface area (Å²) in [5, 5.41) is 49.1. The summed E-state index contributed by atoms with van der Waals surface area (Å²) in [6.45, 7) is 10.4. The summed E-state index contributed by atoms with van der Waals surface area (Å²) in [5.74, 6) is 4.00. The molecule has 2 aliphatic carbocycles. The fourth-order valence-electron chi connectivity index (χ4n) is 11.1. The van der Waals surface area contributed by atoms with E-state index < -0.39 is 0 Å².